The summed E-state index contributed by atoms with van der Waals surface area (Å²) >= 11 is 0. The number of benzene rings is 2. The predicted octanol–water partition coefficient (Wildman–Crippen LogP) is 2.76. The Balaban J connectivity index is 1.73. The van der Waals surface area contributed by atoms with Gasteiger partial charge in [-0.05, 0) is 37.1 Å². The lowest BCUT2D eigenvalue weighted by Crippen LogP contribution is -2.37. The molecule has 1 aliphatic rings. The summed E-state index contributed by atoms with van der Waals surface area (Å²) in [7, 11) is 3.10. The standard InChI is InChI=1S/C21H26N2O4/c1-25-18-11-16(21(24)23-13-17-9-6-10-22-17)12-19(26-2)20(18)27-14-15-7-4-3-5-8-15/h3-5,7-8,11-12,17,22H,6,9-10,13-14H2,1-2H3,(H,23,24). The van der Waals surface area contributed by atoms with Gasteiger partial charge in [0.2, 0.25) is 5.75 Å². The van der Waals surface area contributed by atoms with Crippen molar-refractivity contribution in [3.05, 3.63) is 53.6 Å². The van der Waals surface area contributed by atoms with E-state index >= 15 is 0 Å². The van der Waals surface area contributed by atoms with E-state index in [0.717, 1.165) is 24.9 Å². The fraction of sp³-hybridized carbons (Fsp3) is 0.381. The molecule has 0 radical (unpaired) electrons. The summed E-state index contributed by atoms with van der Waals surface area (Å²) in [6.07, 6.45) is 2.23. The highest BCUT2D eigenvalue weighted by atomic mass is 16.5. The van der Waals surface area contributed by atoms with Gasteiger partial charge < -0.3 is 24.8 Å². The molecule has 0 saturated carbocycles. The number of rotatable bonds is 8. The van der Waals surface area contributed by atoms with E-state index in [1.807, 2.05) is 30.3 Å². The van der Waals surface area contributed by atoms with Crippen molar-refractivity contribution >= 4 is 5.91 Å². The number of carbonyl (C=O) groups is 1. The zero-order valence-electron chi connectivity index (χ0n) is 15.8. The van der Waals surface area contributed by atoms with Gasteiger partial charge in [0, 0.05) is 18.2 Å². The molecule has 1 heterocycles. The molecule has 2 aromatic rings. The molecule has 1 amide bonds. The summed E-state index contributed by atoms with van der Waals surface area (Å²) in [5, 5.41) is 6.33. The topological polar surface area (TPSA) is 68.8 Å². The fourth-order valence-electron chi connectivity index (χ4n) is 3.13. The zero-order chi connectivity index (χ0) is 19.1. The monoisotopic (exact) mass is 370 g/mol. The summed E-state index contributed by atoms with van der Waals surface area (Å²) in [5.41, 5.74) is 1.52. The Bertz CT molecular complexity index is 733. The Labute approximate surface area is 159 Å². The third-order valence-electron chi connectivity index (χ3n) is 4.62. The zero-order valence-corrected chi connectivity index (χ0v) is 15.8. The van der Waals surface area contributed by atoms with Gasteiger partial charge in [-0.15, -0.1) is 0 Å². The Morgan fingerprint density at radius 2 is 1.85 bits per heavy atom. The molecule has 6 nitrogen and oxygen atoms in total. The average molecular weight is 370 g/mol. The maximum Gasteiger partial charge on any atom is 0.251 e. The molecule has 144 valence electrons. The summed E-state index contributed by atoms with van der Waals surface area (Å²) in [6, 6.07) is 13.5. The SMILES string of the molecule is COc1cc(C(=O)NCC2CCCN2)cc(OC)c1OCc1ccccc1. The maximum absolute atomic E-state index is 12.5. The van der Waals surface area contributed by atoms with Crippen LogP contribution < -0.4 is 24.8 Å². The summed E-state index contributed by atoms with van der Waals surface area (Å²) in [6.45, 7) is 2.00. The molecule has 27 heavy (non-hydrogen) atoms. The van der Waals surface area contributed by atoms with Crippen molar-refractivity contribution in [2.24, 2.45) is 0 Å². The molecule has 1 aliphatic heterocycles. The van der Waals surface area contributed by atoms with Crippen molar-refractivity contribution in [1.82, 2.24) is 10.6 Å². The fourth-order valence-corrected chi connectivity index (χ4v) is 3.13. The minimum atomic E-state index is -0.157. The van der Waals surface area contributed by atoms with Crippen molar-refractivity contribution in [2.75, 3.05) is 27.3 Å². The number of methoxy groups -OCH3 is 2. The lowest BCUT2D eigenvalue weighted by Gasteiger charge is -2.17. The Morgan fingerprint density at radius 3 is 2.44 bits per heavy atom. The van der Waals surface area contributed by atoms with Crippen LogP contribution in [0.25, 0.3) is 0 Å². The van der Waals surface area contributed by atoms with Crippen LogP contribution in [0.2, 0.25) is 0 Å². The molecule has 1 saturated heterocycles. The maximum atomic E-state index is 12.5. The molecule has 0 spiro atoms. The van der Waals surface area contributed by atoms with Crippen molar-refractivity contribution in [3.63, 3.8) is 0 Å². The second-order valence-electron chi connectivity index (χ2n) is 6.49. The van der Waals surface area contributed by atoms with E-state index in [9.17, 15) is 4.79 Å². The minimum absolute atomic E-state index is 0.157. The molecule has 3 rings (SSSR count). The normalized spacial score (nSPS) is 16.0. The second kappa shape index (κ2) is 9.28. The lowest BCUT2D eigenvalue weighted by atomic mass is 10.1. The van der Waals surface area contributed by atoms with Crippen molar-refractivity contribution < 1.29 is 19.0 Å². The predicted molar refractivity (Wildman–Crippen MR) is 104 cm³/mol. The third kappa shape index (κ3) is 4.92. The van der Waals surface area contributed by atoms with Crippen LogP contribution in [0.3, 0.4) is 0 Å². The Morgan fingerprint density at radius 1 is 1.15 bits per heavy atom. The first-order chi connectivity index (χ1) is 13.2. The number of carbonyl (C=O) groups excluding carboxylic acids is 1. The molecule has 1 fully saturated rings. The van der Waals surface area contributed by atoms with E-state index in [1.54, 1.807) is 26.4 Å². The third-order valence-corrected chi connectivity index (χ3v) is 4.62. The first kappa shape index (κ1) is 19.0. The highest BCUT2D eigenvalue weighted by Crippen LogP contribution is 2.39. The smallest absolute Gasteiger partial charge is 0.251 e. The Kier molecular flexibility index (Phi) is 6.54. The summed E-state index contributed by atoms with van der Waals surface area (Å²) < 4.78 is 16.8. The van der Waals surface area contributed by atoms with Crippen molar-refractivity contribution in [1.29, 1.82) is 0 Å². The highest BCUT2D eigenvalue weighted by Gasteiger charge is 2.19. The summed E-state index contributed by atoms with van der Waals surface area (Å²) in [5.74, 6) is 1.26. The Hall–Kier alpha value is -2.73. The van der Waals surface area contributed by atoms with E-state index in [0.29, 0.717) is 42.0 Å². The number of hydrogen-bond donors (Lipinski definition) is 2. The van der Waals surface area contributed by atoms with Crippen LogP contribution in [0, 0.1) is 0 Å². The van der Waals surface area contributed by atoms with Gasteiger partial charge in [0.1, 0.15) is 6.61 Å². The second-order valence-corrected chi connectivity index (χ2v) is 6.49. The van der Waals surface area contributed by atoms with Crippen molar-refractivity contribution in [3.8, 4) is 17.2 Å². The van der Waals surface area contributed by atoms with Gasteiger partial charge in [0.05, 0.1) is 14.2 Å². The van der Waals surface area contributed by atoms with Gasteiger partial charge in [-0.1, -0.05) is 30.3 Å². The van der Waals surface area contributed by atoms with E-state index in [2.05, 4.69) is 10.6 Å². The van der Waals surface area contributed by atoms with Gasteiger partial charge in [-0.2, -0.15) is 0 Å². The number of hydrogen-bond acceptors (Lipinski definition) is 5. The summed E-state index contributed by atoms with van der Waals surface area (Å²) in [4.78, 5) is 12.5. The van der Waals surface area contributed by atoms with Gasteiger partial charge >= 0.3 is 0 Å². The molecule has 0 aliphatic carbocycles. The van der Waals surface area contributed by atoms with Crippen molar-refractivity contribution in [2.45, 2.75) is 25.5 Å². The van der Waals surface area contributed by atoms with Crippen LogP contribution in [0.4, 0.5) is 0 Å². The van der Waals surface area contributed by atoms with E-state index < -0.39 is 0 Å². The average Bonchev–Trinajstić information content (AvgIpc) is 3.24. The van der Waals surface area contributed by atoms with Crippen LogP contribution in [-0.2, 0) is 6.61 Å². The molecule has 0 aromatic heterocycles. The highest BCUT2D eigenvalue weighted by molar-refractivity contribution is 5.95. The van der Waals surface area contributed by atoms with Crippen LogP contribution in [-0.4, -0.2) is 39.3 Å². The first-order valence-corrected chi connectivity index (χ1v) is 9.15. The number of ether oxygens (including phenoxy) is 3. The van der Waals surface area contributed by atoms with E-state index in [1.165, 1.54) is 0 Å². The lowest BCUT2D eigenvalue weighted by molar-refractivity contribution is 0.0949. The van der Waals surface area contributed by atoms with E-state index in [-0.39, 0.29) is 5.91 Å². The van der Waals surface area contributed by atoms with E-state index in [4.69, 9.17) is 14.2 Å². The molecule has 1 atom stereocenters. The molecule has 0 bridgehead atoms. The molecular formula is C21H26N2O4. The molecule has 1 unspecified atom stereocenters. The van der Waals surface area contributed by atoms with Gasteiger partial charge in [0.15, 0.2) is 11.5 Å². The van der Waals surface area contributed by atoms with Crippen LogP contribution in [0.5, 0.6) is 17.2 Å². The van der Waals surface area contributed by atoms with Crippen LogP contribution in [0.15, 0.2) is 42.5 Å². The van der Waals surface area contributed by atoms with Gasteiger partial charge in [-0.3, -0.25) is 4.79 Å². The minimum Gasteiger partial charge on any atom is -0.493 e. The molecule has 2 N–H and O–H groups in total. The van der Waals surface area contributed by atoms with Crippen LogP contribution in [0.1, 0.15) is 28.8 Å². The largest absolute Gasteiger partial charge is 0.493 e. The number of nitrogens with one attached hydrogen (secondary N) is 2. The van der Waals surface area contributed by atoms with Gasteiger partial charge in [0.25, 0.3) is 5.91 Å². The van der Waals surface area contributed by atoms with Gasteiger partial charge in [-0.25, -0.2) is 0 Å². The molecule has 6 heteroatoms. The van der Waals surface area contributed by atoms with Crippen LogP contribution >= 0.6 is 0 Å². The number of amides is 1. The molecule has 2 aromatic carbocycles. The quantitative estimate of drug-likeness (QED) is 0.748. The molecular weight excluding hydrogens is 344 g/mol. The first-order valence-electron chi connectivity index (χ1n) is 9.15.